The molecule has 0 spiro atoms. The van der Waals surface area contributed by atoms with Crippen LogP contribution in [-0.2, 0) is 13.6 Å². The van der Waals surface area contributed by atoms with Gasteiger partial charge in [-0.15, -0.1) is 0 Å². The number of anilines is 2. The van der Waals surface area contributed by atoms with Crippen LogP contribution in [0.4, 0.5) is 11.5 Å². The van der Waals surface area contributed by atoms with Crippen LogP contribution in [0.15, 0.2) is 29.0 Å². The molecule has 2 aromatic rings. The Kier molecular flexibility index (Phi) is 2.14. The highest BCUT2D eigenvalue weighted by atomic mass is 16.3. The van der Waals surface area contributed by atoms with Crippen LogP contribution in [0.25, 0.3) is 0 Å². The first-order valence-electron chi connectivity index (χ1n) is 4.31. The van der Waals surface area contributed by atoms with Gasteiger partial charge in [0.15, 0.2) is 5.82 Å². The minimum Gasteiger partial charge on any atom is -0.467 e. The van der Waals surface area contributed by atoms with E-state index in [1.165, 1.54) is 0 Å². The number of furan rings is 1. The molecular formula is C9H12N4O. The molecule has 0 bridgehead atoms. The summed E-state index contributed by atoms with van der Waals surface area (Å²) in [6.07, 6.45) is 3.39. The lowest BCUT2D eigenvalue weighted by Gasteiger charge is -2.00. The van der Waals surface area contributed by atoms with Crippen LogP contribution in [0.3, 0.4) is 0 Å². The summed E-state index contributed by atoms with van der Waals surface area (Å²) in [4.78, 5) is 0. The second kappa shape index (κ2) is 3.45. The van der Waals surface area contributed by atoms with Crippen molar-refractivity contribution in [3.05, 3.63) is 30.4 Å². The highest BCUT2D eigenvalue weighted by Crippen LogP contribution is 2.15. The van der Waals surface area contributed by atoms with E-state index in [-0.39, 0.29) is 0 Å². The van der Waals surface area contributed by atoms with Gasteiger partial charge in [-0.2, -0.15) is 5.10 Å². The van der Waals surface area contributed by atoms with Gasteiger partial charge in [-0.3, -0.25) is 4.68 Å². The molecule has 3 N–H and O–H groups in total. The monoisotopic (exact) mass is 192 g/mol. The predicted molar refractivity (Wildman–Crippen MR) is 53.7 cm³/mol. The average Bonchev–Trinajstić information content (AvgIpc) is 2.72. The molecule has 74 valence electrons. The van der Waals surface area contributed by atoms with E-state index in [2.05, 4.69) is 10.4 Å². The zero-order valence-electron chi connectivity index (χ0n) is 7.90. The number of nitrogen functional groups attached to an aromatic ring is 1. The predicted octanol–water partition coefficient (Wildman–Crippen LogP) is 1.21. The molecule has 0 saturated heterocycles. The van der Waals surface area contributed by atoms with E-state index in [9.17, 15) is 0 Å². The molecule has 0 amide bonds. The molecule has 0 aliphatic carbocycles. The average molecular weight is 192 g/mol. The molecule has 5 heteroatoms. The van der Waals surface area contributed by atoms with Crippen molar-refractivity contribution in [3.8, 4) is 0 Å². The highest BCUT2D eigenvalue weighted by Gasteiger charge is 2.03. The van der Waals surface area contributed by atoms with Gasteiger partial charge in [0, 0.05) is 13.2 Å². The molecule has 5 nitrogen and oxygen atoms in total. The molecule has 14 heavy (non-hydrogen) atoms. The summed E-state index contributed by atoms with van der Waals surface area (Å²) < 4.78 is 6.83. The Bertz CT molecular complexity index is 404. The first kappa shape index (κ1) is 8.68. The lowest BCUT2D eigenvalue weighted by Crippen LogP contribution is -2.01. The first-order chi connectivity index (χ1) is 6.75. The molecule has 0 fully saturated rings. The van der Waals surface area contributed by atoms with Crippen molar-refractivity contribution >= 4 is 11.5 Å². The number of aromatic nitrogens is 2. The number of rotatable bonds is 3. The number of hydrogen-bond donors (Lipinski definition) is 2. The van der Waals surface area contributed by atoms with Crippen LogP contribution in [0.5, 0.6) is 0 Å². The molecule has 2 aromatic heterocycles. The van der Waals surface area contributed by atoms with Crippen LogP contribution >= 0.6 is 0 Å². The van der Waals surface area contributed by atoms with Crippen molar-refractivity contribution in [1.29, 1.82) is 0 Å². The van der Waals surface area contributed by atoms with Crippen molar-refractivity contribution in [2.75, 3.05) is 11.1 Å². The number of aryl methyl sites for hydroxylation is 1. The third-order valence-corrected chi connectivity index (χ3v) is 1.87. The first-order valence-corrected chi connectivity index (χ1v) is 4.31. The second-order valence-corrected chi connectivity index (χ2v) is 3.04. The van der Waals surface area contributed by atoms with E-state index in [1.807, 2.05) is 19.2 Å². The summed E-state index contributed by atoms with van der Waals surface area (Å²) in [5, 5.41) is 7.23. The van der Waals surface area contributed by atoms with Crippen LogP contribution in [0.2, 0.25) is 0 Å². The Morgan fingerprint density at radius 2 is 2.50 bits per heavy atom. The lowest BCUT2D eigenvalue weighted by atomic mass is 10.4. The smallest absolute Gasteiger partial charge is 0.171 e. The molecule has 0 aromatic carbocycles. The number of nitrogens with zero attached hydrogens (tertiary/aromatic N) is 2. The van der Waals surface area contributed by atoms with Crippen LogP contribution < -0.4 is 11.1 Å². The quantitative estimate of drug-likeness (QED) is 0.766. The van der Waals surface area contributed by atoms with Crippen LogP contribution in [-0.4, -0.2) is 9.78 Å². The molecule has 0 aliphatic heterocycles. The van der Waals surface area contributed by atoms with E-state index < -0.39 is 0 Å². The molecule has 0 aliphatic rings. The van der Waals surface area contributed by atoms with Gasteiger partial charge in [0.05, 0.1) is 18.5 Å². The SMILES string of the molecule is Cn1cc(N)c(NCc2ccco2)n1. The maximum atomic E-state index is 5.70. The Morgan fingerprint density at radius 3 is 3.07 bits per heavy atom. The normalized spacial score (nSPS) is 10.4. The van der Waals surface area contributed by atoms with Crippen molar-refractivity contribution < 1.29 is 4.42 Å². The van der Waals surface area contributed by atoms with Gasteiger partial charge in [-0.05, 0) is 12.1 Å². The van der Waals surface area contributed by atoms with E-state index in [1.54, 1.807) is 17.1 Å². The molecule has 2 rings (SSSR count). The Labute approximate surface area is 81.5 Å². The minimum absolute atomic E-state index is 0.591. The molecule has 0 atom stereocenters. The summed E-state index contributed by atoms with van der Waals surface area (Å²) in [7, 11) is 1.83. The van der Waals surface area contributed by atoms with Crippen LogP contribution in [0, 0.1) is 0 Å². The fourth-order valence-corrected chi connectivity index (χ4v) is 1.23. The fraction of sp³-hybridized carbons (Fsp3) is 0.222. The van der Waals surface area contributed by atoms with Gasteiger partial charge in [-0.25, -0.2) is 0 Å². The van der Waals surface area contributed by atoms with Crippen molar-refractivity contribution in [1.82, 2.24) is 9.78 Å². The van der Waals surface area contributed by atoms with Crippen molar-refractivity contribution in [2.45, 2.75) is 6.54 Å². The van der Waals surface area contributed by atoms with E-state index in [4.69, 9.17) is 10.2 Å². The van der Waals surface area contributed by atoms with Crippen LogP contribution in [0.1, 0.15) is 5.76 Å². The zero-order chi connectivity index (χ0) is 9.97. The van der Waals surface area contributed by atoms with Crippen molar-refractivity contribution in [3.63, 3.8) is 0 Å². The summed E-state index contributed by atoms with van der Waals surface area (Å²) in [5.74, 6) is 1.54. The van der Waals surface area contributed by atoms with E-state index >= 15 is 0 Å². The molecule has 0 radical (unpaired) electrons. The zero-order valence-corrected chi connectivity index (χ0v) is 7.90. The number of hydrogen-bond acceptors (Lipinski definition) is 4. The Balaban J connectivity index is 2.01. The molecular weight excluding hydrogens is 180 g/mol. The summed E-state index contributed by atoms with van der Waals surface area (Å²) in [6.45, 7) is 0.591. The van der Waals surface area contributed by atoms with E-state index in [0.29, 0.717) is 18.1 Å². The maximum Gasteiger partial charge on any atom is 0.171 e. The minimum atomic E-state index is 0.591. The molecule has 0 unspecified atom stereocenters. The third kappa shape index (κ3) is 1.71. The summed E-state index contributed by atoms with van der Waals surface area (Å²) in [5.41, 5.74) is 6.34. The Hall–Kier alpha value is -1.91. The van der Waals surface area contributed by atoms with Gasteiger partial charge in [0.1, 0.15) is 5.76 Å². The number of nitrogens with two attached hydrogens (primary N) is 1. The van der Waals surface area contributed by atoms with E-state index in [0.717, 1.165) is 5.76 Å². The topological polar surface area (TPSA) is 69.0 Å². The summed E-state index contributed by atoms with van der Waals surface area (Å²) >= 11 is 0. The molecule has 0 saturated carbocycles. The number of nitrogens with one attached hydrogen (secondary N) is 1. The second-order valence-electron chi connectivity index (χ2n) is 3.04. The standard InChI is InChI=1S/C9H12N4O/c1-13-6-8(10)9(12-13)11-5-7-3-2-4-14-7/h2-4,6H,5,10H2,1H3,(H,11,12). The fourth-order valence-electron chi connectivity index (χ4n) is 1.23. The van der Waals surface area contributed by atoms with Gasteiger partial charge >= 0.3 is 0 Å². The van der Waals surface area contributed by atoms with Gasteiger partial charge in [0.2, 0.25) is 0 Å². The molecule has 2 heterocycles. The van der Waals surface area contributed by atoms with Crippen molar-refractivity contribution in [2.24, 2.45) is 7.05 Å². The van der Waals surface area contributed by atoms with Gasteiger partial charge in [0.25, 0.3) is 0 Å². The third-order valence-electron chi connectivity index (χ3n) is 1.87. The Morgan fingerprint density at radius 1 is 1.64 bits per heavy atom. The van der Waals surface area contributed by atoms with Gasteiger partial charge in [-0.1, -0.05) is 0 Å². The largest absolute Gasteiger partial charge is 0.467 e. The highest BCUT2D eigenvalue weighted by molar-refractivity contribution is 5.59. The van der Waals surface area contributed by atoms with Gasteiger partial charge < -0.3 is 15.5 Å². The maximum absolute atomic E-state index is 5.70. The lowest BCUT2D eigenvalue weighted by molar-refractivity contribution is 0.517. The summed E-state index contributed by atoms with van der Waals surface area (Å²) in [6, 6.07) is 3.74.